The number of ether oxygens (including phenoxy) is 2. The number of anilines is 1. The fourth-order valence-electron chi connectivity index (χ4n) is 7.67. The molecule has 3 saturated heterocycles. The second-order valence-electron chi connectivity index (χ2n) is 12.4. The number of nitrogens with zero attached hydrogens (tertiary/aromatic N) is 3. The van der Waals surface area contributed by atoms with Crippen LogP contribution < -0.4 is 9.64 Å². The predicted octanol–water partition coefficient (Wildman–Crippen LogP) is 4.40. The molecule has 2 aromatic rings. The molecule has 46 heavy (non-hydrogen) atoms. The van der Waals surface area contributed by atoms with Crippen molar-refractivity contribution in [3.8, 4) is 5.75 Å². The van der Waals surface area contributed by atoms with Crippen molar-refractivity contribution in [2.24, 2.45) is 11.8 Å². The van der Waals surface area contributed by atoms with Crippen LogP contribution in [0.25, 0.3) is 0 Å². The van der Waals surface area contributed by atoms with Crippen LogP contribution in [0.4, 0.5) is 5.69 Å². The molecule has 2 unspecified atom stereocenters. The van der Waals surface area contributed by atoms with Crippen LogP contribution in [0.15, 0.2) is 79.9 Å². The average Bonchev–Trinajstić information content (AvgIpc) is 3.72. The number of fused-ring (bicyclic) bond motifs is 1. The van der Waals surface area contributed by atoms with Gasteiger partial charge in [0.15, 0.2) is 0 Å². The molecule has 2 aromatic carbocycles. The number of amides is 3. The van der Waals surface area contributed by atoms with E-state index in [1.165, 1.54) is 0 Å². The van der Waals surface area contributed by atoms with Gasteiger partial charge in [-0.3, -0.25) is 14.4 Å². The van der Waals surface area contributed by atoms with Crippen molar-refractivity contribution in [3.05, 3.63) is 85.5 Å². The minimum atomic E-state index is -1.17. The average molecular weight is 630 g/mol. The van der Waals surface area contributed by atoms with Gasteiger partial charge in [0.25, 0.3) is 0 Å². The SMILES string of the molecule is C=CCN(CCCC)C(=O)C1N([C@@H](CO)Cc2ccccc2)C(=O)[C@@H]2[C@H](C(=O)N(CC=C)c3ccc(OCC)cc3)[C@@H]3CCC12O3. The summed E-state index contributed by atoms with van der Waals surface area (Å²) < 4.78 is 12.3. The fraction of sp³-hybridized carbons (Fsp3) is 0.486. The number of likely N-dealkylation sites (tertiary alicyclic amines) is 1. The van der Waals surface area contributed by atoms with Crippen LogP contribution in [-0.2, 0) is 25.5 Å². The van der Waals surface area contributed by atoms with Crippen molar-refractivity contribution in [2.45, 2.75) is 69.7 Å². The van der Waals surface area contributed by atoms with Crippen molar-refractivity contribution in [3.63, 3.8) is 0 Å². The van der Waals surface area contributed by atoms with E-state index in [0.29, 0.717) is 50.4 Å². The Bertz CT molecular complexity index is 1400. The highest BCUT2D eigenvalue weighted by Gasteiger charge is 2.75. The van der Waals surface area contributed by atoms with Crippen molar-refractivity contribution >= 4 is 23.4 Å². The summed E-state index contributed by atoms with van der Waals surface area (Å²) in [6.45, 7) is 13.0. The molecule has 5 rings (SSSR count). The van der Waals surface area contributed by atoms with Gasteiger partial charge < -0.3 is 29.3 Å². The van der Waals surface area contributed by atoms with E-state index in [2.05, 4.69) is 20.1 Å². The summed E-state index contributed by atoms with van der Waals surface area (Å²) in [7, 11) is 0. The number of carbonyl (C=O) groups is 3. The Morgan fingerprint density at radius 3 is 2.43 bits per heavy atom. The van der Waals surface area contributed by atoms with E-state index in [0.717, 1.165) is 18.4 Å². The third kappa shape index (κ3) is 6.10. The maximum Gasteiger partial charge on any atom is 0.248 e. The van der Waals surface area contributed by atoms with Gasteiger partial charge >= 0.3 is 0 Å². The van der Waals surface area contributed by atoms with E-state index < -0.39 is 35.6 Å². The Labute approximate surface area is 272 Å². The highest BCUT2D eigenvalue weighted by atomic mass is 16.5. The normalized spacial score (nSPS) is 25.2. The van der Waals surface area contributed by atoms with Crippen molar-refractivity contribution in [1.29, 1.82) is 0 Å². The van der Waals surface area contributed by atoms with Gasteiger partial charge in [0.2, 0.25) is 17.7 Å². The summed E-state index contributed by atoms with van der Waals surface area (Å²) in [4.78, 5) is 48.9. The maximum absolute atomic E-state index is 14.8. The lowest BCUT2D eigenvalue weighted by molar-refractivity contribution is -0.151. The molecule has 9 nitrogen and oxygen atoms in total. The zero-order valence-electron chi connectivity index (χ0n) is 27.1. The molecule has 0 saturated carbocycles. The maximum atomic E-state index is 14.8. The summed E-state index contributed by atoms with van der Waals surface area (Å²) in [6, 6.07) is 15.3. The standard InChI is InChI=1S/C37H47N3O6/c1-5-9-23-38(21-6-2)36(44)33-37-20-19-30(46-37)31(34(42)39(22-7-3)27-15-17-29(18-16-27)45-8-4)32(37)35(43)40(33)28(25-41)24-26-13-11-10-12-14-26/h6-7,10-18,28,30-33,41H,2-3,5,8-9,19-25H2,1,4H3/t28-,30+,31-,32+,33?,37?/m1/s1. The largest absolute Gasteiger partial charge is 0.494 e. The predicted molar refractivity (Wildman–Crippen MR) is 177 cm³/mol. The van der Waals surface area contributed by atoms with E-state index in [1.807, 2.05) is 61.5 Å². The third-order valence-corrected chi connectivity index (χ3v) is 9.66. The van der Waals surface area contributed by atoms with Gasteiger partial charge in [-0.2, -0.15) is 0 Å². The van der Waals surface area contributed by atoms with Gasteiger partial charge in [0.1, 0.15) is 17.4 Å². The van der Waals surface area contributed by atoms with E-state index >= 15 is 0 Å². The Morgan fingerprint density at radius 2 is 1.80 bits per heavy atom. The zero-order valence-corrected chi connectivity index (χ0v) is 27.1. The second-order valence-corrected chi connectivity index (χ2v) is 12.4. The smallest absolute Gasteiger partial charge is 0.248 e. The number of carbonyl (C=O) groups excluding carboxylic acids is 3. The lowest BCUT2D eigenvalue weighted by Crippen LogP contribution is -2.59. The summed E-state index contributed by atoms with van der Waals surface area (Å²) in [6.07, 6.45) is 5.96. The molecule has 0 radical (unpaired) electrons. The van der Waals surface area contributed by atoms with Gasteiger partial charge in [-0.25, -0.2) is 0 Å². The molecule has 3 aliphatic heterocycles. The van der Waals surface area contributed by atoms with E-state index in [-0.39, 0.29) is 30.9 Å². The quantitative estimate of drug-likeness (QED) is 0.277. The Kier molecular flexibility index (Phi) is 10.6. The van der Waals surface area contributed by atoms with Crippen LogP contribution >= 0.6 is 0 Å². The summed E-state index contributed by atoms with van der Waals surface area (Å²) in [5, 5.41) is 10.7. The minimum Gasteiger partial charge on any atom is -0.494 e. The topological polar surface area (TPSA) is 99.6 Å². The molecule has 0 aromatic heterocycles. The first-order valence-corrected chi connectivity index (χ1v) is 16.5. The number of hydrogen-bond acceptors (Lipinski definition) is 6. The molecule has 3 heterocycles. The molecule has 1 N–H and O–H groups in total. The Morgan fingerprint density at radius 1 is 1.09 bits per heavy atom. The molecule has 3 amide bonds. The molecule has 6 atom stereocenters. The van der Waals surface area contributed by atoms with Gasteiger partial charge in [-0.15, -0.1) is 13.2 Å². The highest BCUT2D eigenvalue weighted by Crippen LogP contribution is 2.59. The monoisotopic (exact) mass is 629 g/mol. The molecular formula is C37H47N3O6. The first-order chi connectivity index (χ1) is 22.3. The van der Waals surface area contributed by atoms with Crippen molar-refractivity contribution in [1.82, 2.24) is 9.80 Å². The van der Waals surface area contributed by atoms with Crippen LogP contribution in [0.3, 0.4) is 0 Å². The fourth-order valence-corrected chi connectivity index (χ4v) is 7.67. The molecule has 0 aliphatic carbocycles. The Balaban J connectivity index is 1.55. The second kappa shape index (κ2) is 14.6. The Hall–Kier alpha value is -3.95. The number of benzene rings is 2. The lowest BCUT2D eigenvalue weighted by Gasteiger charge is -2.39. The van der Waals surface area contributed by atoms with Crippen molar-refractivity contribution in [2.75, 3.05) is 37.7 Å². The zero-order chi connectivity index (χ0) is 32.8. The van der Waals surface area contributed by atoms with Crippen LogP contribution in [0.2, 0.25) is 0 Å². The van der Waals surface area contributed by atoms with Gasteiger partial charge in [-0.05, 0) is 62.4 Å². The summed E-state index contributed by atoms with van der Waals surface area (Å²) in [5.41, 5.74) is 0.428. The molecule has 1 spiro atoms. The van der Waals surface area contributed by atoms with Crippen LogP contribution in [0, 0.1) is 11.8 Å². The number of unbranched alkanes of at least 4 members (excludes halogenated alkanes) is 1. The number of rotatable bonds is 16. The third-order valence-electron chi connectivity index (χ3n) is 9.66. The van der Waals surface area contributed by atoms with Gasteiger partial charge in [-0.1, -0.05) is 55.8 Å². The molecule has 9 heteroatoms. The van der Waals surface area contributed by atoms with Gasteiger partial charge in [0, 0.05) is 25.3 Å². The lowest BCUT2D eigenvalue weighted by atomic mass is 9.70. The van der Waals surface area contributed by atoms with Crippen LogP contribution in [0.5, 0.6) is 5.75 Å². The molecule has 2 bridgehead atoms. The molecule has 246 valence electrons. The summed E-state index contributed by atoms with van der Waals surface area (Å²) in [5.74, 6) is -1.72. The van der Waals surface area contributed by atoms with E-state index in [9.17, 15) is 19.5 Å². The number of aliphatic hydroxyl groups excluding tert-OH is 1. The van der Waals surface area contributed by atoms with Crippen LogP contribution in [0.1, 0.15) is 45.1 Å². The van der Waals surface area contributed by atoms with Crippen LogP contribution in [-0.4, -0.2) is 89.3 Å². The summed E-state index contributed by atoms with van der Waals surface area (Å²) >= 11 is 0. The number of aliphatic hydroxyl groups is 1. The first-order valence-electron chi connectivity index (χ1n) is 16.5. The van der Waals surface area contributed by atoms with E-state index in [1.54, 1.807) is 26.9 Å². The highest BCUT2D eigenvalue weighted by molar-refractivity contribution is 6.03. The molecular weight excluding hydrogens is 582 g/mol. The first kappa shape index (κ1) is 33.4. The molecule has 3 aliphatic rings. The van der Waals surface area contributed by atoms with Gasteiger partial charge in [0.05, 0.1) is 37.2 Å². The van der Waals surface area contributed by atoms with Crippen molar-refractivity contribution < 1.29 is 29.0 Å². The molecule has 3 fully saturated rings. The number of hydrogen-bond donors (Lipinski definition) is 1. The van der Waals surface area contributed by atoms with E-state index in [4.69, 9.17) is 9.47 Å². The minimum absolute atomic E-state index is 0.223.